The lowest BCUT2D eigenvalue weighted by Gasteiger charge is -2.36. The average molecular weight is 251 g/mol. The van der Waals surface area contributed by atoms with Crippen molar-refractivity contribution in [1.29, 1.82) is 5.26 Å². The first-order valence-electron chi connectivity index (χ1n) is 5.80. The third kappa shape index (κ3) is 2.91. The number of rotatable bonds is 4. The summed E-state index contributed by atoms with van der Waals surface area (Å²) in [6.07, 6.45) is 2.46. The summed E-state index contributed by atoms with van der Waals surface area (Å²) < 4.78 is 5.50. The van der Waals surface area contributed by atoms with Crippen molar-refractivity contribution in [1.82, 2.24) is 0 Å². The molecule has 0 radical (unpaired) electrons. The molecule has 1 aliphatic rings. The smallest absolute Gasteiger partial charge is 0.101 e. The van der Waals surface area contributed by atoms with Crippen molar-refractivity contribution in [3.05, 3.63) is 28.8 Å². The van der Waals surface area contributed by atoms with E-state index in [2.05, 4.69) is 5.32 Å². The van der Waals surface area contributed by atoms with E-state index in [9.17, 15) is 0 Å². The van der Waals surface area contributed by atoms with E-state index in [1.165, 1.54) is 0 Å². The SMILES string of the molecule is CCOC1CC(Nc2ccc(C#N)c(Cl)c2)C1. The van der Waals surface area contributed by atoms with Gasteiger partial charge in [-0.2, -0.15) is 5.26 Å². The second-order valence-corrected chi connectivity index (χ2v) is 4.60. The van der Waals surface area contributed by atoms with Gasteiger partial charge < -0.3 is 10.1 Å². The monoisotopic (exact) mass is 250 g/mol. The maximum Gasteiger partial charge on any atom is 0.101 e. The summed E-state index contributed by atoms with van der Waals surface area (Å²) in [4.78, 5) is 0. The van der Waals surface area contributed by atoms with Gasteiger partial charge in [0.15, 0.2) is 0 Å². The molecule has 0 aliphatic heterocycles. The predicted molar refractivity (Wildman–Crippen MR) is 68.2 cm³/mol. The summed E-state index contributed by atoms with van der Waals surface area (Å²) in [5.41, 5.74) is 1.48. The van der Waals surface area contributed by atoms with Crippen LogP contribution >= 0.6 is 11.6 Å². The largest absolute Gasteiger partial charge is 0.382 e. The molecule has 1 fully saturated rings. The molecule has 4 heteroatoms. The normalized spacial score (nSPS) is 22.6. The van der Waals surface area contributed by atoms with Gasteiger partial charge in [-0.1, -0.05) is 11.6 Å². The highest BCUT2D eigenvalue weighted by molar-refractivity contribution is 6.32. The zero-order chi connectivity index (χ0) is 12.3. The number of ether oxygens (including phenoxy) is 1. The minimum absolute atomic E-state index is 0.395. The molecule has 0 aromatic heterocycles. The lowest BCUT2D eigenvalue weighted by Crippen LogP contribution is -2.40. The van der Waals surface area contributed by atoms with E-state index >= 15 is 0 Å². The van der Waals surface area contributed by atoms with Crippen LogP contribution in [0.1, 0.15) is 25.3 Å². The number of hydrogen-bond donors (Lipinski definition) is 1. The Morgan fingerprint density at radius 3 is 2.88 bits per heavy atom. The van der Waals surface area contributed by atoms with Crippen LogP contribution in [-0.2, 0) is 4.74 Å². The van der Waals surface area contributed by atoms with Crippen molar-refractivity contribution in [2.24, 2.45) is 0 Å². The maximum atomic E-state index is 8.77. The van der Waals surface area contributed by atoms with Crippen LogP contribution < -0.4 is 5.32 Å². The first-order valence-corrected chi connectivity index (χ1v) is 6.18. The second-order valence-electron chi connectivity index (χ2n) is 4.20. The first-order chi connectivity index (χ1) is 8.22. The third-order valence-electron chi connectivity index (χ3n) is 2.96. The number of halogens is 1. The van der Waals surface area contributed by atoms with E-state index in [1.54, 1.807) is 12.1 Å². The van der Waals surface area contributed by atoms with Crippen LogP contribution in [0.2, 0.25) is 5.02 Å². The molecule has 1 aromatic rings. The fraction of sp³-hybridized carbons (Fsp3) is 0.462. The zero-order valence-electron chi connectivity index (χ0n) is 9.74. The standard InChI is InChI=1S/C13H15ClN2O/c1-2-17-12-5-11(6-12)16-10-4-3-9(8-15)13(14)7-10/h3-4,7,11-12,16H,2,5-6H2,1H3. The number of hydrogen-bond acceptors (Lipinski definition) is 3. The van der Waals surface area contributed by atoms with Gasteiger partial charge in [-0.15, -0.1) is 0 Å². The van der Waals surface area contributed by atoms with Gasteiger partial charge in [-0.25, -0.2) is 0 Å². The minimum atomic E-state index is 0.395. The Morgan fingerprint density at radius 1 is 1.53 bits per heavy atom. The van der Waals surface area contributed by atoms with Crippen molar-refractivity contribution in [3.63, 3.8) is 0 Å². The van der Waals surface area contributed by atoms with Crippen LogP contribution in [0.5, 0.6) is 0 Å². The summed E-state index contributed by atoms with van der Waals surface area (Å²) >= 11 is 5.97. The first kappa shape index (κ1) is 12.2. The Balaban J connectivity index is 1.89. The predicted octanol–water partition coefficient (Wildman–Crippen LogP) is 3.19. The zero-order valence-corrected chi connectivity index (χ0v) is 10.5. The number of benzene rings is 1. The van der Waals surface area contributed by atoms with Gasteiger partial charge in [0, 0.05) is 18.3 Å². The molecule has 1 aliphatic carbocycles. The fourth-order valence-corrected chi connectivity index (χ4v) is 2.21. The van der Waals surface area contributed by atoms with E-state index in [0.29, 0.717) is 22.7 Å². The molecule has 90 valence electrons. The van der Waals surface area contributed by atoms with Crippen LogP contribution in [0.4, 0.5) is 5.69 Å². The third-order valence-corrected chi connectivity index (χ3v) is 3.27. The molecule has 2 rings (SSSR count). The number of nitrogens with zero attached hydrogens (tertiary/aromatic N) is 1. The Labute approximate surface area is 106 Å². The molecule has 0 heterocycles. The Morgan fingerprint density at radius 2 is 2.29 bits per heavy atom. The van der Waals surface area contributed by atoms with Crippen LogP contribution in [0.15, 0.2) is 18.2 Å². The average Bonchev–Trinajstić information content (AvgIpc) is 2.26. The summed E-state index contributed by atoms with van der Waals surface area (Å²) in [6, 6.07) is 7.93. The maximum absolute atomic E-state index is 8.77. The van der Waals surface area contributed by atoms with E-state index < -0.39 is 0 Å². The minimum Gasteiger partial charge on any atom is -0.382 e. The Bertz CT molecular complexity index is 436. The molecular weight excluding hydrogens is 236 g/mol. The highest BCUT2D eigenvalue weighted by Crippen LogP contribution is 2.28. The summed E-state index contributed by atoms with van der Waals surface area (Å²) in [5.74, 6) is 0. The van der Waals surface area contributed by atoms with Gasteiger partial charge >= 0.3 is 0 Å². The topological polar surface area (TPSA) is 45.0 Å². The molecule has 3 nitrogen and oxygen atoms in total. The van der Waals surface area contributed by atoms with Gasteiger partial charge in [0.2, 0.25) is 0 Å². The molecule has 0 atom stereocenters. The summed E-state index contributed by atoms with van der Waals surface area (Å²) in [6.45, 7) is 2.79. The molecule has 0 spiro atoms. The second kappa shape index (κ2) is 5.39. The van der Waals surface area contributed by atoms with Crippen molar-refractivity contribution in [2.45, 2.75) is 31.9 Å². The molecule has 17 heavy (non-hydrogen) atoms. The molecule has 0 bridgehead atoms. The van der Waals surface area contributed by atoms with Gasteiger partial charge in [0.25, 0.3) is 0 Å². The summed E-state index contributed by atoms with van der Waals surface area (Å²) in [5, 5.41) is 12.7. The quantitative estimate of drug-likeness (QED) is 0.893. The molecule has 1 aromatic carbocycles. The molecule has 0 saturated heterocycles. The van der Waals surface area contributed by atoms with Crippen molar-refractivity contribution < 1.29 is 4.74 Å². The van der Waals surface area contributed by atoms with Crippen molar-refractivity contribution in [2.75, 3.05) is 11.9 Å². The van der Waals surface area contributed by atoms with Gasteiger partial charge in [0.1, 0.15) is 6.07 Å². The lowest BCUT2D eigenvalue weighted by atomic mass is 9.89. The van der Waals surface area contributed by atoms with E-state index in [0.717, 1.165) is 25.1 Å². The Kier molecular flexibility index (Phi) is 3.88. The molecule has 1 N–H and O–H groups in total. The van der Waals surface area contributed by atoms with Crippen LogP contribution in [0.3, 0.4) is 0 Å². The number of anilines is 1. The van der Waals surface area contributed by atoms with Crippen LogP contribution in [0, 0.1) is 11.3 Å². The van der Waals surface area contributed by atoms with Gasteiger partial charge in [0.05, 0.1) is 16.7 Å². The van der Waals surface area contributed by atoms with Crippen molar-refractivity contribution >= 4 is 17.3 Å². The van der Waals surface area contributed by atoms with Crippen LogP contribution in [0.25, 0.3) is 0 Å². The molecule has 0 unspecified atom stereocenters. The molecular formula is C13H15ClN2O. The van der Waals surface area contributed by atoms with E-state index in [-0.39, 0.29) is 0 Å². The lowest BCUT2D eigenvalue weighted by molar-refractivity contribution is 0.00299. The number of nitriles is 1. The highest BCUT2D eigenvalue weighted by atomic mass is 35.5. The van der Waals surface area contributed by atoms with E-state index in [1.807, 2.05) is 19.1 Å². The highest BCUT2D eigenvalue weighted by Gasteiger charge is 2.29. The summed E-state index contributed by atoms with van der Waals surface area (Å²) in [7, 11) is 0. The molecule has 1 saturated carbocycles. The van der Waals surface area contributed by atoms with Crippen molar-refractivity contribution in [3.8, 4) is 6.07 Å². The van der Waals surface area contributed by atoms with E-state index in [4.69, 9.17) is 21.6 Å². The fourth-order valence-electron chi connectivity index (χ4n) is 1.99. The number of nitrogens with one attached hydrogen (secondary N) is 1. The van der Waals surface area contributed by atoms with Gasteiger partial charge in [-0.3, -0.25) is 0 Å². The molecule has 0 amide bonds. The van der Waals surface area contributed by atoms with Crippen LogP contribution in [-0.4, -0.2) is 18.8 Å². The Hall–Kier alpha value is -1.24. The van der Waals surface area contributed by atoms with Gasteiger partial charge in [-0.05, 0) is 38.0 Å².